The number of nitrogens with one attached hydrogen (secondary N) is 1. The molecule has 2 aromatic rings. The van der Waals surface area contributed by atoms with E-state index in [1.165, 1.54) is 18.2 Å². The number of anilines is 1. The van der Waals surface area contributed by atoms with Gasteiger partial charge in [-0.1, -0.05) is 6.92 Å². The lowest BCUT2D eigenvalue weighted by atomic mass is 10.3. The van der Waals surface area contributed by atoms with Crippen molar-refractivity contribution in [2.45, 2.75) is 19.8 Å². The van der Waals surface area contributed by atoms with Crippen molar-refractivity contribution in [3.63, 3.8) is 0 Å². The number of benzene rings is 1. The third-order valence-electron chi connectivity index (χ3n) is 2.48. The lowest BCUT2D eigenvalue weighted by Gasteiger charge is -2.09. The number of nitrogens with zero attached hydrogens (tertiary/aromatic N) is 2. The number of ether oxygens (including phenoxy) is 1. The van der Waals surface area contributed by atoms with E-state index in [0.29, 0.717) is 27.7 Å². The van der Waals surface area contributed by atoms with Crippen molar-refractivity contribution in [1.29, 1.82) is 0 Å². The van der Waals surface area contributed by atoms with E-state index in [1.807, 2.05) is 6.92 Å². The molecular formula is C13H14BrFN4O. The molecule has 0 atom stereocenters. The van der Waals surface area contributed by atoms with Crippen molar-refractivity contribution < 1.29 is 9.13 Å². The number of hydrogen-bond acceptors (Lipinski definition) is 5. The second-order valence-electron chi connectivity index (χ2n) is 4.08. The van der Waals surface area contributed by atoms with Crippen LogP contribution < -0.4 is 16.0 Å². The molecule has 0 fully saturated rings. The van der Waals surface area contributed by atoms with Gasteiger partial charge in [-0.15, -0.1) is 0 Å². The molecule has 106 valence electrons. The topological polar surface area (TPSA) is 73.1 Å². The third kappa shape index (κ3) is 3.64. The van der Waals surface area contributed by atoms with Crippen molar-refractivity contribution >= 4 is 21.7 Å². The van der Waals surface area contributed by atoms with Gasteiger partial charge in [0, 0.05) is 12.5 Å². The molecule has 0 unspecified atom stereocenters. The summed E-state index contributed by atoms with van der Waals surface area (Å²) in [6.07, 6.45) is 1.63. The molecule has 1 heterocycles. The summed E-state index contributed by atoms with van der Waals surface area (Å²) in [5, 5.41) is 0. The van der Waals surface area contributed by atoms with Gasteiger partial charge in [-0.3, -0.25) is 0 Å². The Kier molecular flexibility index (Phi) is 4.86. The average molecular weight is 341 g/mol. The Morgan fingerprint density at radius 1 is 1.35 bits per heavy atom. The van der Waals surface area contributed by atoms with Crippen molar-refractivity contribution in [3.8, 4) is 11.6 Å². The number of nitrogens with two attached hydrogens (primary N) is 1. The molecule has 5 nitrogen and oxygen atoms in total. The van der Waals surface area contributed by atoms with Crippen molar-refractivity contribution in [3.05, 3.63) is 40.4 Å². The molecule has 1 aromatic carbocycles. The minimum Gasteiger partial charge on any atom is -0.438 e. The predicted octanol–water partition coefficient (Wildman–Crippen LogP) is 3.41. The quantitative estimate of drug-likeness (QED) is 0.644. The van der Waals surface area contributed by atoms with Crippen LogP contribution in [0.4, 0.5) is 10.2 Å². The Morgan fingerprint density at radius 2 is 2.15 bits per heavy atom. The van der Waals surface area contributed by atoms with Gasteiger partial charge in [0.1, 0.15) is 23.2 Å². The van der Waals surface area contributed by atoms with E-state index in [0.717, 1.165) is 12.8 Å². The summed E-state index contributed by atoms with van der Waals surface area (Å²) in [7, 11) is 0. The second kappa shape index (κ2) is 6.62. The number of hydrogen-bond donors (Lipinski definition) is 2. The van der Waals surface area contributed by atoms with Crippen LogP contribution in [0.15, 0.2) is 28.7 Å². The lowest BCUT2D eigenvalue weighted by molar-refractivity contribution is 0.454. The van der Waals surface area contributed by atoms with E-state index in [1.54, 1.807) is 6.07 Å². The summed E-state index contributed by atoms with van der Waals surface area (Å²) in [5.74, 6) is 6.95. The lowest BCUT2D eigenvalue weighted by Crippen LogP contribution is -2.10. The van der Waals surface area contributed by atoms with Crippen LogP contribution in [0.2, 0.25) is 0 Å². The second-order valence-corrected chi connectivity index (χ2v) is 4.93. The van der Waals surface area contributed by atoms with Gasteiger partial charge < -0.3 is 10.2 Å². The molecule has 0 radical (unpaired) electrons. The zero-order valence-corrected chi connectivity index (χ0v) is 12.4. The summed E-state index contributed by atoms with van der Waals surface area (Å²) >= 11 is 3.24. The molecule has 0 spiro atoms. The SMILES string of the molecule is CCCc1nc(NN)cc(Oc2ccc(F)cc2Br)n1. The van der Waals surface area contributed by atoms with Crippen LogP contribution >= 0.6 is 15.9 Å². The number of hydrazine groups is 1. The fourth-order valence-corrected chi connectivity index (χ4v) is 2.04. The molecule has 2 rings (SSSR count). The number of halogens is 2. The highest BCUT2D eigenvalue weighted by atomic mass is 79.9. The maximum atomic E-state index is 13.0. The van der Waals surface area contributed by atoms with Crippen molar-refractivity contribution in [2.75, 3.05) is 5.43 Å². The van der Waals surface area contributed by atoms with E-state index < -0.39 is 0 Å². The van der Waals surface area contributed by atoms with E-state index in [-0.39, 0.29) is 5.82 Å². The van der Waals surface area contributed by atoms with Crippen LogP contribution in [0, 0.1) is 5.82 Å². The first-order valence-corrected chi connectivity index (χ1v) is 6.89. The molecule has 0 aliphatic carbocycles. The fourth-order valence-electron chi connectivity index (χ4n) is 1.61. The maximum absolute atomic E-state index is 13.0. The van der Waals surface area contributed by atoms with Crippen molar-refractivity contribution in [1.82, 2.24) is 9.97 Å². The Labute approximate surface area is 124 Å². The first-order chi connectivity index (χ1) is 9.62. The maximum Gasteiger partial charge on any atom is 0.224 e. The van der Waals surface area contributed by atoms with Gasteiger partial charge in [0.15, 0.2) is 0 Å². The van der Waals surface area contributed by atoms with Gasteiger partial charge >= 0.3 is 0 Å². The van der Waals surface area contributed by atoms with E-state index in [4.69, 9.17) is 10.6 Å². The highest BCUT2D eigenvalue weighted by Gasteiger charge is 2.08. The summed E-state index contributed by atoms with van der Waals surface area (Å²) in [6, 6.07) is 5.74. The number of rotatable bonds is 5. The Balaban J connectivity index is 2.29. The normalized spacial score (nSPS) is 10.4. The molecule has 0 aliphatic heterocycles. The number of aromatic nitrogens is 2. The van der Waals surface area contributed by atoms with Crippen molar-refractivity contribution in [2.24, 2.45) is 5.84 Å². The van der Waals surface area contributed by atoms with E-state index in [9.17, 15) is 4.39 Å². The number of nitrogen functional groups attached to an aromatic ring is 1. The Morgan fingerprint density at radius 3 is 2.80 bits per heavy atom. The highest BCUT2D eigenvalue weighted by Crippen LogP contribution is 2.30. The van der Waals surface area contributed by atoms with E-state index >= 15 is 0 Å². The molecule has 1 aromatic heterocycles. The van der Waals surface area contributed by atoms with Crippen LogP contribution in [-0.2, 0) is 6.42 Å². The fraction of sp³-hybridized carbons (Fsp3) is 0.231. The highest BCUT2D eigenvalue weighted by molar-refractivity contribution is 9.10. The Hall–Kier alpha value is -1.73. The smallest absolute Gasteiger partial charge is 0.224 e. The summed E-state index contributed by atoms with van der Waals surface area (Å²) in [5.41, 5.74) is 2.47. The van der Waals surface area contributed by atoms with Gasteiger partial charge in [-0.25, -0.2) is 15.2 Å². The van der Waals surface area contributed by atoms with Gasteiger partial charge in [-0.2, -0.15) is 4.98 Å². The Bertz CT molecular complexity index is 609. The summed E-state index contributed by atoms with van der Waals surface area (Å²) in [6.45, 7) is 2.03. The largest absolute Gasteiger partial charge is 0.438 e. The van der Waals surface area contributed by atoms with Crippen LogP contribution in [0.25, 0.3) is 0 Å². The van der Waals surface area contributed by atoms with Gasteiger partial charge in [0.25, 0.3) is 0 Å². The van der Waals surface area contributed by atoms with Crippen LogP contribution in [0.5, 0.6) is 11.6 Å². The molecular weight excluding hydrogens is 327 g/mol. The molecule has 3 N–H and O–H groups in total. The van der Waals surface area contributed by atoms with Gasteiger partial charge in [-0.05, 0) is 40.5 Å². The van der Waals surface area contributed by atoms with Gasteiger partial charge in [0.2, 0.25) is 5.88 Å². The van der Waals surface area contributed by atoms with Crippen LogP contribution in [0.3, 0.4) is 0 Å². The van der Waals surface area contributed by atoms with Gasteiger partial charge in [0.05, 0.1) is 4.47 Å². The zero-order valence-electron chi connectivity index (χ0n) is 10.9. The number of aryl methyl sites for hydroxylation is 1. The molecule has 0 saturated carbocycles. The molecule has 0 bridgehead atoms. The standard InChI is InChI=1S/C13H14BrFN4O/c1-2-3-11-17-12(19-16)7-13(18-11)20-10-5-4-8(15)6-9(10)14/h4-7H,2-3,16H2,1H3,(H,17,18,19). The zero-order chi connectivity index (χ0) is 14.5. The first-order valence-electron chi connectivity index (χ1n) is 6.10. The monoisotopic (exact) mass is 340 g/mol. The minimum atomic E-state index is -0.345. The molecule has 20 heavy (non-hydrogen) atoms. The third-order valence-corrected chi connectivity index (χ3v) is 3.10. The molecule has 0 amide bonds. The van der Waals surface area contributed by atoms with Crippen LogP contribution in [-0.4, -0.2) is 9.97 Å². The summed E-state index contributed by atoms with van der Waals surface area (Å²) < 4.78 is 19.2. The van der Waals surface area contributed by atoms with E-state index in [2.05, 4.69) is 31.3 Å². The van der Waals surface area contributed by atoms with Crippen LogP contribution in [0.1, 0.15) is 19.2 Å². The molecule has 7 heteroatoms. The molecule has 0 saturated heterocycles. The first kappa shape index (κ1) is 14.7. The predicted molar refractivity (Wildman–Crippen MR) is 78.0 cm³/mol. The minimum absolute atomic E-state index is 0.345. The average Bonchev–Trinajstić information content (AvgIpc) is 2.42. The summed E-state index contributed by atoms with van der Waals surface area (Å²) in [4.78, 5) is 8.51. The molecule has 0 aliphatic rings.